The van der Waals surface area contributed by atoms with E-state index in [4.69, 9.17) is 9.47 Å². The van der Waals surface area contributed by atoms with Crippen LogP contribution in [0.25, 0.3) is 0 Å². The van der Waals surface area contributed by atoms with Crippen molar-refractivity contribution in [2.45, 2.75) is 90.4 Å². The summed E-state index contributed by atoms with van der Waals surface area (Å²) in [5.41, 5.74) is 0.519. The van der Waals surface area contributed by atoms with Crippen LogP contribution in [0.3, 0.4) is 0 Å². The molecule has 1 atom stereocenters. The quantitative estimate of drug-likeness (QED) is 0.420. The lowest BCUT2D eigenvalue weighted by Crippen LogP contribution is -2.28. The maximum Gasteiger partial charge on any atom is 0.200 e. The van der Waals surface area contributed by atoms with Crippen LogP contribution >= 0.6 is 0 Å². The van der Waals surface area contributed by atoms with Gasteiger partial charge in [0, 0.05) is 5.92 Å². The number of halogens is 2. The zero-order valence-corrected chi connectivity index (χ0v) is 19.9. The smallest absolute Gasteiger partial charge is 0.200 e. The molecule has 0 amide bonds. The summed E-state index contributed by atoms with van der Waals surface area (Å²) >= 11 is 0. The summed E-state index contributed by atoms with van der Waals surface area (Å²) < 4.78 is 40.4. The monoisotopic (exact) mass is 446 g/mol. The Kier molecular flexibility index (Phi) is 8.12. The van der Waals surface area contributed by atoms with Crippen LogP contribution in [0.2, 0.25) is 0 Å². The Labute approximate surface area is 192 Å². The fourth-order valence-corrected chi connectivity index (χ4v) is 6.39. The van der Waals surface area contributed by atoms with Crippen molar-refractivity contribution in [3.63, 3.8) is 0 Å². The van der Waals surface area contributed by atoms with E-state index >= 15 is 0 Å². The van der Waals surface area contributed by atoms with Crippen LogP contribution in [0.4, 0.5) is 8.78 Å². The Hall–Kier alpha value is -1.58. The second-order valence-corrected chi connectivity index (χ2v) is 10.2. The van der Waals surface area contributed by atoms with Gasteiger partial charge in [0.15, 0.2) is 11.6 Å². The normalized spacial score (nSPS) is 31.0. The van der Waals surface area contributed by atoms with Gasteiger partial charge in [0.05, 0.1) is 19.0 Å². The van der Waals surface area contributed by atoms with E-state index in [9.17, 15) is 8.78 Å². The van der Waals surface area contributed by atoms with Gasteiger partial charge in [-0.15, -0.1) is 0 Å². The van der Waals surface area contributed by atoms with E-state index in [0.717, 1.165) is 44.6 Å². The van der Waals surface area contributed by atoms with Gasteiger partial charge in [-0.25, -0.2) is 4.39 Å². The summed E-state index contributed by atoms with van der Waals surface area (Å²) in [5.74, 6) is 2.58. The van der Waals surface area contributed by atoms with E-state index in [0.29, 0.717) is 29.9 Å². The Morgan fingerprint density at radius 1 is 0.875 bits per heavy atom. The largest absolute Gasteiger partial charge is 0.498 e. The SMILES string of the molecule is CCCC1CCC(C2=CCC(C3CCC(c4ccc(OCC)c(F)c4F)CC3)CO2)CC1. The molecule has 0 radical (unpaired) electrons. The standard InChI is InChI=1S/C28H40F2O2/c1-3-5-19-6-8-22(9-7-19)25-16-14-23(18-32-25)20-10-12-21(13-11-20)24-15-17-26(31-4-2)28(30)27(24)29/h15-17,19-23H,3-14,18H2,1-2H3. The molecule has 32 heavy (non-hydrogen) atoms. The fourth-order valence-electron chi connectivity index (χ4n) is 6.39. The van der Waals surface area contributed by atoms with E-state index < -0.39 is 11.6 Å². The minimum atomic E-state index is -0.839. The van der Waals surface area contributed by atoms with Crippen molar-refractivity contribution >= 4 is 0 Å². The number of rotatable bonds is 7. The van der Waals surface area contributed by atoms with Gasteiger partial charge in [-0.3, -0.25) is 0 Å². The molecule has 1 heterocycles. The summed E-state index contributed by atoms with van der Waals surface area (Å²) in [6.45, 7) is 5.24. The first kappa shape index (κ1) is 23.6. The maximum atomic E-state index is 14.6. The molecule has 1 unspecified atom stereocenters. The van der Waals surface area contributed by atoms with Gasteiger partial charge in [-0.2, -0.15) is 4.39 Å². The highest BCUT2D eigenvalue weighted by molar-refractivity contribution is 5.33. The van der Waals surface area contributed by atoms with Crippen LogP contribution in [-0.2, 0) is 4.74 Å². The Bertz CT molecular complexity index is 774. The van der Waals surface area contributed by atoms with Gasteiger partial charge in [0.1, 0.15) is 0 Å². The number of allylic oxidation sites excluding steroid dienone is 2. The number of hydrogen-bond donors (Lipinski definition) is 0. The highest BCUT2D eigenvalue weighted by atomic mass is 19.2. The molecule has 2 saturated carbocycles. The summed E-state index contributed by atoms with van der Waals surface area (Å²) in [7, 11) is 0. The summed E-state index contributed by atoms with van der Waals surface area (Å²) in [5, 5.41) is 0. The van der Waals surface area contributed by atoms with Crippen molar-refractivity contribution in [2.24, 2.45) is 23.7 Å². The molecule has 0 aromatic heterocycles. The lowest BCUT2D eigenvalue weighted by molar-refractivity contribution is 0.0680. The summed E-state index contributed by atoms with van der Waals surface area (Å²) in [4.78, 5) is 0. The van der Waals surface area contributed by atoms with E-state index in [2.05, 4.69) is 13.0 Å². The third-order valence-corrected chi connectivity index (χ3v) is 8.29. The second kappa shape index (κ2) is 11.0. The Morgan fingerprint density at radius 2 is 1.59 bits per heavy atom. The Morgan fingerprint density at radius 3 is 2.22 bits per heavy atom. The second-order valence-electron chi connectivity index (χ2n) is 10.2. The van der Waals surface area contributed by atoms with Crippen molar-refractivity contribution in [1.82, 2.24) is 0 Å². The third kappa shape index (κ3) is 5.31. The molecule has 0 spiro atoms. The van der Waals surface area contributed by atoms with Crippen molar-refractivity contribution in [3.8, 4) is 5.75 Å². The average Bonchev–Trinajstić information content (AvgIpc) is 2.83. The maximum absolute atomic E-state index is 14.6. The fraction of sp³-hybridized carbons (Fsp3) is 0.714. The molecule has 178 valence electrons. The van der Waals surface area contributed by atoms with Crippen LogP contribution < -0.4 is 4.74 Å². The molecule has 2 aliphatic carbocycles. The van der Waals surface area contributed by atoms with Crippen molar-refractivity contribution in [1.29, 1.82) is 0 Å². The molecule has 4 heteroatoms. The highest BCUT2D eigenvalue weighted by Gasteiger charge is 2.33. The molecular weight excluding hydrogens is 406 g/mol. The predicted molar refractivity (Wildman–Crippen MR) is 125 cm³/mol. The van der Waals surface area contributed by atoms with Gasteiger partial charge in [-0.1, -0.05) is 25.8 Å². The van der Waals surface area contributed by atoms with Gasteiger partial charge < -0.3 is 9.47 Å². The molecule has 0 N–H and O–H groups in total. The van der Waals surface area contributed by atoms with Crippen LogP contribution in [-0.4, -0.2) is 13.2 Å². The van der Waals surface area contributed by atoms with Crippen LogP contribution in [0.1, 0.15) is 96.0 Å². The molecular formula is C28H40F2O2. The average molecular weight is 447 g/mol. The minimum absolute atomic E-state index is 0.0169. The predicted octanol–water partition coefficient (Wildman–Crippen LogP) is 8.16. The van der Waals surface area contributed by atoms with Crippen LogP contribution in [0.15, 0.2) is 24.0 Å². The first-order chi connectivity index (χ1) is 15.6. The Balaban J connectivity index is 1.27. The van der Waals surface area contributed by atoms with Gasteiger partial charge in [0.2, 0.25) is 5.82 Å². The molecule has 1 aromatic carbocycles. The molecule has 2 nitrogen and oxygen atoms in total. The number of hydrogen-bond acceptors (Lipinski definition) is 2. The minimum Gasteiger partial charge on any atom is -0.498 e. The van der Waals surface area contributed by atoms with Crippen LogP contribution in [0, 0.1) is 35.3 Å². The highest BCUT2D eigenvalue weighted by Crippen LogP contribution is 2.44. The first-order valence-corrected chi connectivity index (χ1v) is 13.0. The van der Waals surface area contributed by atoms with Crippen molar-refractivity contribution in [2.75, 3.05) is 13.2 Å². The van der Waals surface area contributed by atoms with E-state index in [1.807, 2.05) is 0 Å². The molecule has 1 aromatic rings. The lowest BCUT2D eigenvalue weighted by atomic mass is 9.72. The van der Waals surface area contributed by atoms with Gasteiger partial charge in [-0.05, 0) is 106 Å². The lowest BCUT2D eigenvalue weighted by Gasteiger charge is -2.37. The van der Waals surface area contributed by atoms with Gasteiger partial charge in [0.25, 0.3) is 0 Å². The molecule has 4 rings (SSSR count). The van der Waals surface area contributed by atoms with Crippen molar-refractivity contribution < 1.29 is 18.3 Å². The number of benzene rings is 1. The van der Waals surface area contributed by atoms with Crippen LogP contribution in [0.5, 0.6) is 5.75 Å². The summed E-state index contributed by atoms with van der Waals surface area (Å²) in [6.07, 6.45) is 15.4. The van der Waals surface area contributed by atoms with E-state index in [1.54, 1.807) is 19.1 Å². The molecule has 0 bridgehead atoms. The molecule has 2 fully saturated rings. The van der Waals surface area contributed by atoms with E-state index in [1.165, 1.54) is 44.3 Å². The van der Waals surface area contributed by atoms with Crippen molar-refractivity contribution in [3.05, 3.63) is 41.2 Å². The van der Waals surface area contributed by atoms with Gasteiger partial charge >= 0.3 is 0 Å². The zero-order chi connectivity index (χ0) is 22.5. The molecule has 0 saturated heterocycles. The topological polar surface area (TPSA) is 18.5 Å². The summed E-state index contributed by atoms with van der Waals surface area (Å²) in [6, 6.07) is 3.31. The third-order valence-electron chi connectivity index (χ3n) is 8.29. The zero-order valence-electron chi connectivity index (χ0n) is 19.9. The van der Waals surface area contributed by atoms with E-state index in [-0.39, 0.29) is 11.7 Å². The number of ether oxygens (including phenoxy) is 2. The first-order valence-electron chi connectivity index (χ1n) is 13.0. The molecule has 1 aliphatic heterocycles. The molecule has 3 aliphatic rings.